The highest BCUT2D eigenvalue weighted by Gasteiger charge is 2.24. The zero-order valence-corrected chi connectivity index (χ0v) is 12.9. The second kappa shape index (κ2) is 6.72. The van der Waals surface area contributed by atoms with Crippen LogP contribution >= 0.6 is 0 Å². The second-order valence-electron chi connectivity index (χ2n) is 5.11. The van der Waals surface area contributed by atoms with Gasteiger partial charge in [-0.15, -0.1) is 0 Å². The van der Waals surface area contributed by atoms with Crippen molar-refractivity contribution in [1.29, 1.82) is 0 Å². The maximum absolute atomic E-state index is 11.6. The molecule has 0 radical (unpaired) electrons. The highest BCUT2D eigenvalue weighted by Crippen LogP contribution is 2.24. The van der Waals surface area contributed by atoms with Crippen LogP contribution in [0.25, 0.3) is 11.0 Å². The van der Waals surface area contributed by atoms with Crippen LogP contribution in [-0.2, 0) is 11.3 Å². The molecule has 1 unspecified atom stereocenters. The van der Waals surface area contributed by atoms with Crippen LogP contribution in [-0.4, -0.2) is 38.6 Å². The van der Waals surface area contributed by atoms with Gasteiger partial charge in [-0.05, 0) is 31.6 Å². The Morgan fingerprint density at radius 1 is 1.29 bits per heavy atom. The van der Waals surface area contributed by atoms with Gasteiger partial charge in [0.25, 0.3) is 0 Å². The van der Waals surface area contributed by atoms with Crippen molar-refractivity contribution in [3.63, 3.8) is 0 Å². The lowest BCUT2D eigenvalue weighted by Crippen LogP contribution is -2.27. The van der Waals surface area contributed by atoms with Crippen molar-refractivity contribution in [1.82, 2.24) is 14.5 Å². The Bertz CT molecular complexity index is 617. The maximum Gasteiger partial charge on any atom is 0.326 e. The van der Waals surface area contributed by atoms with Crippen LogP contribution in [0.15, 0.2) is 24.3 Å². The van der Waals surface area contributed by atoms with E-state index in [0.29, 0.717) is 13.0 Å². The monoisotopic (exact) mass is 289 g/mol. The van der Waals surface area contributed by atoms with E-state index in [1.54, 1.807) is 0 Å². The third kappa shape index (κ3) is 3.08. The van der Waals surface area contributed by atoms with Gasteiger partial charge in [-0.2, -0.15) is 0 Å². The quantitative estimate of drug-likeness (QED) is 0.851. The van der Waals surface area contributed by atoms with Gasteiger partial charge in [0.05, 0.1) is 17.6 Å². The highest BCUT2D eigenvalue weighted by atomic mass is 16.4. The largest absolute Gasteiger partial charge is 0.480 e. The summed E-state index contributed by atoms with van der Waals surface area (Å²) in [6.07, 6.45) is 0.543. The van der Waals surface area contributed by atoms with E-state index >= 15 is 0 Å². The summed E-state index contributed by atoms with van der Waals surface area (Å²) < 4.78 is 1.88. The second-order valence-corrected chi connectivity index (χ2v) is 5.11. The van der Waals surface area contributed by atoms with E-state index in [0.717, 1.165) is 29.9 Å². The Morgan fingerprint density at radius 3 is 2.52 bits per heavy atom. The maximum atomic E-state index is 11.6. The average molecular weight is 289 g/mol. The molecule has 1 heterocycles. The van der Waals surface area contributed by atoms with E-state index in [4.69, 9.17) is 0 Å². The lowest BCUT2D eigenvalue weighted by Gasteiger charge is -2.21. The third-order valence-corrected chi connectivity index (χ3v) is 3.91. The Balaban J connectivity index is 2.55. The van der Waals surface area contributed by atoms with Crippen LogP contribution < -0.4 is 0 Å². The van der Waals surface area contributed by atoms with E-state index in [2.05, 4.69) is 23.7 Å². The molecule has 21 heavy (non-hydrogen) atoms. The molecule has 5 heteroatoms. The number of para-hydroxylation sites is 2. The predicted octanol–water partition coefficient (Wildman–Crippen LogP) is 2.91. The lowest BCUT2D eigenvalue weighted by atomic mass is 10.2. The number of aliphatic carboxylic acids is 1. The van der Waals surface area contributed by atoms with Gasteiger partial charge in [0.15, 0.2) is 0 Å². The number of benzene rings is 1. The number of imidazole rings is 1. The molecule has 0 aliphatic rings. The minimum atomic E-state index is -0.804. The van der Waals surface area contributed by atoms with Gasteiger partial charge in [-0.25, -0.2) is 9.78 Å². The predicted molar refractivity (Wildman–Crippen MR) is 83.3 cm³/mol. The highest BCUT2D eigenvalue weighted by molar-refractivity contribution is 5.80. The summed E-state index contributed by atoms with van der Waals surface area (Å²) >= 11 is 0. The first-order chi connectivity index (χ1) is 10.1. The van der Waals surface area contributed by atoms with Crippen molar-refractivity contribution >= 4 is 17.0 Å². The third-order valence-electron chi connectivity index (χ3n) is 3.91. The van der Waals surface area contributed by atoms with Crippen molar-refractivity contribution in [2.45, 2.75) is 39.8 Å². The number of fused-ring (bicyclic) bond motifs is 1. The number of nitrogens with zero attached hydrogens (tertiary/aromatic N) is 3. The normalized spacial score (nSPS) is 13.0. The topological polar surface area (TPSA) is 58.4 Å². The van der Waals surface area contributed by atoms with Crippen LogP contribution in [0.4, 0.5) is 0 Å². The van der Waals surface area contributed by atoms with Crippen molar-refractivity contribution < 1.29 is 9.90 Å². The minimum Gasteiger partial charge on any atom is -0.480 e. The zero-order valence-electron chi connectivity index (χ0n) is 12.9. The molecule has 1 aromatic heterocycles. The molecule has 0 fully saturated rings. The number of rotatable bonds is 7. The van der Waals surface area contributed by atoms with Crippen molar-refractivity contribution in [3.05, 3.63) is 30.1 Å². The molecule has 1 aromatic carbocycles. The lowest BCUT2D eigenvalue weighted by molar-refractivity contribution is -0.141. The molecule has 2 aromatic rings. The number of aromatic nitrogens is 2. The first-order valence-corrected chi connectivity index (χ1v) is 7.53. The van der Waals surface area contributed by atoms with E-state index in [1.807, 2.05) is 35.8 Å². The van der Waals surface area contributed by atoms with Crippen LogP contribution in [0, 0.1) is 0 Å². The van der Waals surface area contributed by atoms with Gasteiger partial charge in [0, 0.05) is 0 Å². The molecule has 0 aliphatic heterocycles. The van der Waals surface area contributed by atoms with Gasteiger partial charge < -0.3 is 9.67 Å². The van der Waals surface area contributed by atoms with Gasteiger partial charge in [0.1, 0.15) is 11.9 Å². The summed E-state index contributed by atoms with van der Waals surface area (Å²) in [6.45, 7) is 8.61. The van der Waals surface area contributed by atoms with Gasteiger partial charge >= 0.3 is 5.97 Å². The Kier molecular flexibility index (Phi) is 4.96. The van der Waals surface area contributed by atoms with E-state index in [1.165, 1.54) is 0 Å². The standard InChI is InChI=1S/C16H23N3O2/c1-4-13(16(20)21)19-14-10-8-7-9-12(14)17-15(19)11-18(5-2)6-3/h7-10,13H,4-6,11H2,1-3H3,(H,20,21). The molecule has 0 aliphatic carbocycles. The molecular formula is C16H23N3O2. The summed E-state index contributed by atoms with van der Waals surface area (Å²) in [7, 11) is 0. The molecule has 5 nitrogen and oxygen atoms in total. The summed E-state index contributed by atoms with van der Waals surface area (Å²) in [4.78, 5) is 18.5. The van der Waals surface area contributed by atoms with Gasteiger partial charge in [0.2, 0.25) is 0 Å². The smallest absolute Gasteiger partial charge is 0.326 e. The molecular weight excluding hydrogens is 266 g/mol. The average Bonchev–Trinajstić information content (AvgIpc) is 2.83. The number of carboxylic acids is 1. The van der Waals surface area contributed by atoms with Crippen molar-refractivity contribution in [2.24, 2.45) is 0 Å². The van der Waals surface area contributed by atoms with E-state index < -0.39 is 12.0 Å². The summed E-state index contributed by atoms with van der Waals surface area (Å²) in [5.74, 6) is 0.0237. The van der Waals surface area contributed by atoms with Crippen LogP contribution in [0.5, 0.6) is 0 Å². The fourth-order valence-electron chi connectivity index (χ4n) is 2.67. The van der Waals surface area contributed by atoms with E-state index in [9.17, 15) is 9.90 Å². The molecule has 0 bridgehead atoms. The van der Waals surface area contributed by atoms with Crippen LogP contribution in [0.2, 0.25) is 0 Å². The van der Waals surface area contributed by atoms with E-state index in [-0.39, 0.29) is 0 Å². The molecule has 0 amide bonds. The number of carbonyl (C=O) groups is 1. The molecule has 0 spiro atoms. The Morgan fingerprint density at radius 2 is 1.95 bits per heavy atom. The Labute approximate surface area is 125 Å². The number of carboxylic acid groups (broad SMARTS) is 1. The minimum absolute atomic E-state index is 0.543. The molecule has 2 rings (SSSR count). The molecule has 1 N–H and O–H groups in total. The SMILES string of the molecule is CCC(C(=O)O)n1c(CN(CC)CC)nc2ccccc21. The fraction of sp³-hybridized carbons (Fsp3) is 0.500. The number of hydrogen-bond donors (Lipinski definition) is 1. The summed E-state index contributed by atoms with van der Waals surface area (Å²) in [5.41, 5.74) is 1.76. The molecule has 0 saturated heterocycles. The molecule has 1 atom stereocenters. The summed E-state index contributed by atoms with van der Waals surface area (Å²) in [5, 5.41) is 9.52. The number of hydrogen-bond acceptors (Lipinski definition) is 3. The van der Waals surface area contributed by atoms with Crippen molar-refractivity contribution in [2.75, 3.05) is 13.1 Å². The van der Waals surface area contributed by atoms with Crippen LogP contribution in [0.3, 0.4) is 0 Å². The summed E-state index contributed by atoms with van der Waals surface area (Å²) in [6, 6.07) is 7.17. The fourth-order valence-corrected chi connectivity index (χ4v) is 2.67. The zero-order chi connectivity index (χ0) is 15.4. The first kappa shape index (κ1) is 15.5. The Hall–Kier alpha value is -1.88. The van der Waals surface area contributed by atoms with Gasteiger partial charge in [-0.1, -0.05) is 32.9 Å². The molecule has 0 saturated carbocycles. The molecule has 114 valence electrons. The van der Waals surface area contributed by atoms with Gasteiger partial charge in [-0.3, -0.25) is 4.90 Å². The first-order valence-electron chi connectivity index (χ1n) is 7.53. The van der Waals surface area contributed by atoms with Crippen LogP contribution in [0.1, 0.15) is 39.1 Å². The van der Waals surface area contributed by atoms with Crippen molar-refractivity contribution in [3.8, 4) is 0 Å².